The zero-order valence-electron chi connectivity index (χ0n) is 12.8. The van der Waals surface area contributed by atoms with E-state index in [1.165, 1.54) is 6.07 Å². The molecule has 1 heterocycles. The third kappa shape index (κ3) is 2.86. The van der Waals surface area contributed by atoms with Gasteiger partial charge in [0.1, 0.15) is 11.5 Å². The van der Waals surface area contributed by atoms with E-state index in [-0.39, 0.29) is 34.0 Å². The summed E-state index contributed by atoms with van der Waals surface area (Å²) in [5.74, 6) is -0.764. The Labute approximate surface area is 139 Å². The average molecular weight is 332 g/mol. The fourth-order valence-corrected chi connectivity index (χ4v) is 3.33. The van der Waals surface area contributed by atoms with Gasteiger partial charge in [-0.25, -0.2) is 0 Å². The second kappa shape index (κ2) is 6.13. The fourth-order valence-electron chi connectivity index (χ4n) is 3.17. The monoisotopic (exact) mass is 331 g/mol. The van der Waals surface area contributed by atoms with E-state index in [0.29, 0.717) is 6.54 Å². The summed E-state index contributed by atoms with van der Waals surface area (Å²) in [7, 11) is 0. The fraction of sp³-hybridized carbons (Fsp3) is 0.278. The third-order valence-electron chi connectivity index (χ3n) is 4.36. The van der Waals surface area contributed by atoms with Crippen LogP contribution in [-0.4, -0.2) is 27.6 Å². The lowest BCUT2D eigenvalue weighted by Gasteiger charge is -2.26. The smallest absolute Gasteiger partial charge is 0.258 e. The zero-order chi connectivity index (χ0) is 16.6. The van der Waals surface area contributed by atoms with Crippen molar-refractivity contribution in [3.63, 3.8) is 0 Å². The van der Waals surface area contributed by atoms with Crippen molar-refractivity contribution in [2.75, 3.05) is 6.54 Å². The van der Waals surface area contributed by atoms with Crippen LogP contribution in [0.2, 0.25) is 5.02 Å². The van der Waals surface area contributed by atoms with Crippen LogP contribution in [0.5, 0.6) is 11.5 Å². The summed E-state index contributed by atoms with van der Waals surface area (Å²) in [6.07, 6.45) is 1.81. The summed E-state index contributed by atoms with van der Waals surface area (Å²) in [5.41, 5.74) is 2.39. The Kier molecular flexibility index (Phi) is 4.18. The number of halogens is 1. The minimum Gasteiger partial charge on any atom is -0.507 e. The van der Waals surface area contributed by atoms with Gasteiger partial charge in [0.25, 0.3) is 5.91 Å². The molecule has 1 atom stereocenters. The van der Waals surface area contributed by atoms with E-state index >= 15 is 0 Å². The zero-order valence-corrected chi connectivity index (χ0v) is 13.5. The second-order valence-corrected chi connectivity index (χ2v) is 6.24. The minimum absolute atomic E-state index is 0.00400. The Morgan fingerprint density at radius 3 is 2.70 bits per heavy atom. The molecule has 1 saturated heterocycles. The van der Waals surface area contributed by atoms with Crippen molar-refractivity contribution >= 4 is 17.5 Å². The average Bonchev–Trinajstić information content (AvgIpc) is 3.00. The summed E-state index contributed by atoms with van der Waals surface area (Å²) < 4.78 is 0. The highest BCUT2D eigenvalue weighted by Gasteiger charge is 2.32. The van der Waals surface area contributed by atoms with Gasteiger partial charge in [0.2, 0.25) is 0 Å². The summed E-state index contributed by atoms with van der Waals surface area (Å²) >= 11 is 5.88. The van der Waals surface area contributed by atoms with Crippen LogP contribution >= 0.6 is 11.6 Å². The van der Waals surface area contributed by atoms with Crippen LogP contribution in [0.1, 0.15) is 40.4 Å². The van der Waals surface area contributed by atoms with Crippen molar-refractivity contribution in [3.05, 3.63) is 58.1 Å². The number of hydrogen-bond donors (Lipinski definition) is 2. The minimum atomic E-state index is -0.268. The number of carbonyl (C=O) groups excluding carboxylic acids is 1. The van der Waals surface area contributed by atoms with Crippen molar-refractivity contribution in [1.29, 1.82) is 0 Å². The number of likely N-dealkylation sites (tertiary alicyclic amines) is 1. The molecule has 0 saturated carbocycles. The molecular weight excluding hydrogens is 314 g/mol. The molecule has 0 bridgehead atoms. The molecule has 4 nitrogen and oxygen atoms in total. The molecule has 3 rings (SSSR count). The largest absolute Gasteiger partial charge is 0.507 e. The van der Waals surface area contributed by atoms with Gasteiger partial charge >= 0.3 is 0 Å². The highest BCUT2D eigenvalue weighted by molar-refractivity contribution is 6.32. The van der Waals surface area contributed by atoms with Crippen LogP contribution in [0.3, 0.4) is 0 Å². The lowest BCUT2D eigenvalue weighted by Crippen LogP contribution is -2.31. The van der Waals surface area contributed by atoms with E-state index in [4.69, 9.17) is 11.6 Å². The standard InChI is InChI=1S/C18H18ClNO3/c1-11-5-2-3-6-12(11)15-7-4-8-20(15)18(23)13-9-14(19)17(22)10-16(13)21/h2-3,5-6,9-10,15,21-22H,4,7-8H2,1H3/t15-/m1/s1. The molecule has 5 heteroatoms. The maximum absolute atomic E-state index is 12.9. The number of rotatable bonds is 2. The SMILES string of the molecule is Cc1ccccc1[C@H]1CCCN1C(=O)c1cc(Cl)c(O)cc1O. The van der Waals surface area contributed by atoms with Gasteiger partial charge in [-0.2, -0.15) is 0 Å². The molecule has 2 N–H and O–H groups in total. The van der Waals surface area contributed by atoms with Gasteiger partial charge in [-0.15, -0.1) is 0 Å². The first-order valence-corrected chi connectivity index (χ1v) is 7.95. The Morgan fingerprint density at radius 1 is 1.22 bits per heavy atom. The Morgan fingerprint density at radius 2 is 1.96 bits per heavy atom. The van der Waals surface area contributed by atoms with E-state index in [0.717, 1.165) is 30.0 Å². The van der Waals surface area contributed by atoms with Gasteiger partial charge in [-0.05, 0) is 37.0 Å². The van der Waals surface area contributed by atoms with Gasteiger partial charge in [-0.1, -0.05) is 35.9 Å². The molecule has 0 aromatic heterocycles. The van der Waals surface area contributed by atoms with Crippen molar-refractivity contribution in [1.82, 2.24) is 4.90 Å². The van der Waals surface area contributed by atoms with Crippen molar-refractivity contribution < 1.29 is 15.0 Å². The van der Waals surface area contributed by atoms with Crippen LogP contribution < -0.4 is 0 Å². The highest BCUT2D eigenvalue weighted by Crippen LogP contribution is 2.37. The summed E-state index contributed by atoms with van der Waals surface area (Å²) in [6.45, 7) is 2.67. The van der Waals surface area contributed by atoms with E-state index in [9.17, 15) is 15.0 Å². The van der Waals surface area contributed by atoms with Crippen LogP contribution in [0, 0.1) is 6.92 Å². The first-order chi connectivity index (χ1) is 11.0. The van der Waals surface area contributed by atoms with Crippen LogP contribution in [-0.2, 0) is 0 Å². The molecule has 120 valence electrons. The molecule has 2 aromatic carbocycles. The van der Waals surface area contributed by atoms with Crippen LogP contribution in [0.4, 0.5) is 0 Å². The first kappa shape index (κ1) is 15.7. The highest BCUT2D eigenvalue weighted by atomic mass is 35.5. The number of benzene rings is 2. The predicted octanol–water partition coefficient (Wildman–Crippen LogP) is 4.04. The third-order valence-corrected chi connectivity index (χ3v) is 4.66. The maximum Gasteiger partial charge on any atom is 0.258 e. The quantitative estimate of drug-likeness (QED) is 0.873. The molecule has 1 aliphatic rings. The Balaban J connectivity index is 1.96. The van der Waals surface area contributed by atoms with Gasteiger partial charge in [0, 0.05) is 12.6 Å². The molecule has 0 radical (unpaired) electrons. The molecule has 0 unspecified atom stereocenters. The summed E-state index contributed by atoms with van der Waals surface area (Å²) in [6, 6.07) is 10.4. The molecule has 1 fully saturated rings. The van der Waals surface area contributed by atoms with Gasteiger partial charge < -0.3 is 15.1 Å². The molecule has 23 heavy (non-hydrogen) atoms. The second-order valence-electron chi connectivity index (χ2n) is 5.83. The Bertz CT molecular complexity index is 760. The molecular formula is C18H18ClNO3. The number of nitrogens with zero attached hydrogens (tertiary/aromatic N) is 1. The number of phenols is 2. The Hall–Kier alpha value is -2.20. The first-order valence-electron chi connectivity index (χ1n) is 7.57. The topological polar surface area (TPSA) is 60.8 Å². The van der Waals surface area contributed by atoms with Crippen molar-refractivity contribution in [2.24, 2.45) is 0 Å². The molecule has 0 aliphatic carbocycles. The predicted molar refractivity (Wildman–Crippen MR) is 89.0 cm³/mol. The van der Waals surface area contributed by atoms with Gasteiger partial charge in [-0.3, -0.25) is 4.79 Å². The normalized spacial score (nSPS) is 17.5. The molecule has 1 aliphatic heterocycles. The van der Waals surface area contributed by atoms with E-state index < -0.39 is 0 Å². The summed E-state index contributed by atoms with van der Waals surface area (Å²) in [5, 5.41) is 19.6. The van der Waals surface area contributed by atoms with E-state index in [2.05, 4.69) is 0 Å². The molecule has 0 spiro atoms. The lowest BCUT2D eigenvalue weighted by atomic mass is 9.99. The van der Waals surface area contributed by atoms with Gasteiger partial charge in [0.15, 0.2) is 0 Å². The van der Waals surface area contributed by atoms with Crippen LogP contribution in [0.15, 0.2) is 36.4 Å². The van der Waals surface area contributed by atoms with Crippen LogP contribution in [0.25, 0.3) is 0 Å². The molecule has 1 amide bonds. The van der Waals surface area contributed by atoms with Crippen molar-refractivity contribution in [2.45, 2.75) is 25.8 Å². The number of phenolic OH excluding ortho intramolecular Hbond substituents is 2. The maximum atomic E-state index is 12.9. The number of carbonyl (C=O) groups is 1. The number of hydrogen-bond acceptors (Lipinski definition) is 3. The van der Waals surface area contributed by atoms with Crippen molar-refractivity contribution in [3.8, 4) is 11.5 Å². The molecule has 2 aromatic rings. The number of amides is 1. The number of aryl methyl sites for hydroxylation is 1. The number of aromatic hydroxyl groups is 2. The lowest BCUT2D eigenvalue weighted by molar-refractivity contribution is 0.0732. The van der Waals surface area contributed by atoms with E-state index in [1.54, 1.807) is 4.90 Å². The summed E-state index contributed by atoms with van der Waals surface area (Å²) in [4.78, 5) is 14.6. The van der Waals surface area contributed by atoms with Gasteiger partial charge in [0.05, 0.1) is 16.6 Å². The van der Waals surface area contributed by atoms with E-state index in [1.807, 2.05) is 31.2 Å².